The fourth-order valence-electron chi connectivity index (χ4n) is 3.74. The Kier molecular flexibility index (Phi) is 8.76. The molecule has 1 aliphatic rings. The first kappa shape index (κ1) is 23.9. The highest BCUT2D eigenvalue weighted by molar-refractivity contribution is 5.81. The highest BCUT2D eigenvalue weighted by Gasteiger charge is 2.62. The topological polar surface area (TPSA) is 63.2 Å². The van der Waals surface area contributed by atoms with Gasteiger partial charge in [0.05, 0.1) is 13.2 Å². The second-order valence-corrected chi connectivity index (χ2v) is 7.47. The molecule has 0 aliphatic carbocycles. The van der Waals surface area contributed by atoms with Crippen molar-refractivity contribution in [3.63, 3.8) is 0 Å². The molecule has 32 heavy (non-hydrogen) atoms. The van der Waals surface area contributed by atoms with Crippen molar-refractivity contribution in [1.82, 2.24) is 0 Å². The predicted octanol–water partition coefficient (Wildman–Crippen LogP) is 4.20. The lowest BCUT2D eigenvalue weighted by atomic mass is 9.91. The summed E-state index contributed by atoms with van der Waals surface area (Å²) in [6.07, 6.45) is 1.02. The lowest BCUT2D eigenvalue weighted by Crippen LogP contribution is -2.52. The first-order chi connectivity index (χ1) is 15.6. The molecule has 0 saturated carbocycles. The molecule has 0 bridgehead atoms. The molecule has 1 saturated heterocycles. The normalized spacial score (nSPS) is 24.7. The van der Waals surface area contributed by atoms with Gasteiger partial charge in [0, 0.05) is 13.5 Å². The van der Waals surface area contributed by atoms with Gasteiger partial charge in [-0.3, -0.25) is 0 Å². The summed E-state index contributed by atoms with van der Waals surface area (Å²) in [6, 6.07) is 19.5. The SMILES string of the molecule is C=CCOC(=O)[C@@]1(CC=C)O[C@H](OC)[C@@H](OCc2ccccc2)[C@H]1OCc1ccccc1. The molecular formula is C26H30O6. The van der Waals surface area contributed by atoms with Gasteiger partial charge in [0.1, 0.15) is 18.8 Å². The molecule has 0 N–H and O–H groups in total. The van der Waals surface area contributed by atoms with Gasteiger partial charge >= 0.3 is 5.97 Å². The number of carbonyl (C=O) groups is 1. The van der Waals surface area contributed by atoms with Gasteiger partial charge in [-0.2, -0.15) is 0 Å². The summed E-state index contributed by atoms with van der Waals surface area (Å²) in [5.41, 5.74) is 0.489. The molecular weight excluding hydrogens is 408 g/mol. The Morgan fingerprint density at radius 3 is 2.09 bits per heavy atom. The molecule has 4 atom stereocenters. The van der Waals surface area contributed by atoms with E-state index in [2.05, 4.69) is 13.2 Å². The van der Waals surface area contributed by atoms with Gasteiger partial charge < -0.3 is 23.7 Å². The smallest absolute Gasteiger partial charge is 0.342 e. The van der Waals surface area contributed by atoms with Crippen LogP contribution < -0.4 is 0 Å². The second-order valence-electron chi connectivity index (χ2n) is 7.47. The summed E-state index contributed by atoms with van der Waals surface area (Å²) in [4.78, 5) is 13.2. The van der Waals surface area contributed by atoms with E-state index < -0.39 is 30.1 Å². The van der Waals surface area contributed by atoms with Crippen LogP contribution in [-0.2, 0) is 41.7 Å². The number of methoxy groups -OCH3 is 1. The molecule has 0 radical (unpaired) electrons. The lowest BCUT2D eigenvalue weighted by molar-refractivity contribution is -0.205. The largest absolute Gasteiger partial charge is 0.459 e. The Balaban J connectivity index is 1.90. The average Bonchev–Trinajstić information content (AvgIpc) is 3.14. The van der Waals surface area contributed by atoms with Crippen LogP contribution in [0, 0.1) is 0 Å². The number of hydrogen-bond donors (Lipinski definition) is 0. The number of carbonyl (C=O) groups excluding carboxylic acids is 1. The number of esters is 1. The summed E-state index contributed by atoms with van der Waals surface area (Å²) in [7, 11) is 1.51. The molecule has 6 heteroatoms. The van der Waals surface area contributed by atoms with E-state index >= 15 is 0 Å². The van der Waals surface area contributed by atoms with Crippen LogP contribution in [0.15, 0.2) is 86.0 Å². The maximum Gasteiger partial charge on any atom is 0.342 e. The maximum absolute atomic E-state index is 13.2. The summed E-state index contributed by atoms with van der Waals surface area (Å²) in [5, 5.41) is 0. The van der Waals surface area contributed by atoms with Gasteiger partial charge in [0.2, 0.25) is 0 Å². The van der Waals surface area contributed by atoms with Crippen LogP contribution in [0.25, 0.3) is 0 Å². The minimum absolute atomic E-state index is 0.0552. The molecule has 0 unspecified atom stereocenters. The van der Waals surface area contributed by atoms with Crippen molar-refractivity contribution >= 4 is 5.97 Å². The zero-order chi connectivity index (χ0) is 22.8. The number of benzene rings is 2. The molecule has 6 nitrogen and oxygen atoms in total. The number of hydrogen-bond acceptors (Lipinski definition) is 6. The van der Waals surface area contributed by atoms with E-state index in [0.29, 0.717) is 6.61 Å². The standard InChI is InChI=1S/C26H30O6/c1-4-16-26(25(27)29-17-5-2)23(31-19-21-14-10-7-11-15-21)22(24(28-3)32-26)30-18-20-12-8-6-9-13-20/h4-15,22-24H,1-2,16-19H2,3H3/t22-,23+,24-,26-/m0/s1. The van der Waals surface area contributed by atoms with Crippen molar-refractivity contribution in [3.8, 4) is 0 Å². The van der Waals surface area contributed by atoms with Crippen LogP contribution in [0.3, 0.4) is 0 Å². The fraction of sp³-hybridized carbons (Fsp3) is 0.346. The van der Waals surface area contributed by atoms with Crippen molar-refractivity contribution in [1.29, 1.82) is 0 Å². The van der Waals surface area contributed by atoms with Crippen molar-refractivity contribution in [2.45, 2.75) is 43.7 Å². The Labute approximate surface area is 189 Å². The van der Waals surface area contributed by atoms with Crippen molar-refractivity contribution in [3.05, 3.63) is 97.1 Å². The van der Waals surface area contributed by atoms with Crippen LogP contribution in [-0.4, -0.2) is 43.8 Å². The molecule has 0 spiro atoms. The average molecular weight is 439 g/mol. The van der Waals surface area contributed by atoms with Crippen molar-refractivity contribution < 1.29 is 28.5 Å². The van der Waals surface area contributed by atoms with Crippen LogP contribution >= 0.6 is 0 Å². The lowest BCUT2D eigenvalue weighted by Gasteiger charge is -2.32. The fourth-order valence-corrected chi connectivity index (χ4v) is 3.74. The number of ether oxygens (including phenoxy) is 5. The summed E-state index contributed by atoms with van der Waals surface area (Å²) < 4.78 is 29.6. The van der Waals surface area contributed by atoms with Crippen LogP contribution in [0.2, 0.25) is 0 Å². The highest BCUT2D eigenvalue weighted by Crippen LogP contribution is 2.40. The molecule has 0 amide bonds. The van der Waals surface area contributed by atoms with Crippen LogP contribution in [0.5, 0.6) is 0 Å². The first-order valence-electron chi connectivity index (χ1n) is 10.5. The maximum atomic E-state index is 13.2. The van der Waals surface area contributed by atoms with E-state index in [1.807, 2.05) is 60.7 Å². The minimum Gasteiger partial charge on any atom is -0.459 e. The first-order valence-corrected chi connectivity index (χ1v) is 10.5. The van der Waals surface area contributed by atoms with Crippen molar-refractivity contribution in [2.24, 2.45) is 0 Å². The predicted molar refractivity (Wildman–Crippen MR) is 121 cm³/mol. The van der Waals surface area contributed by atoms with Gasteiger partial charge in [-0.1, -0.05) is 79.4 Å². The Morgan fingerprint density at radius 2 is 1.56 bits per heavy atom. The number of rotatable bonds is 12. The summed E-state index contributed by atoms with van der Waals surface area (Å²) >= 11 is 0. The second kappa shape index (κ2) is 11.7. The van der Waals surface area contributed by atoms with E-state index in [-0.39, 0.29) is 19.6 Å². The van der Waals surface area contributed by atoms with Gasteiger partial charge in [-0.15, -0.1) is 6.58 Å². The molecule has 3 rings (SSSR count). The van der Waals surface area contributed by atoms with Gasteiger partial charge in [-0.25, -0.2) is 4.79 Å². The van der Waals surface area contributed by atoms with Crippen LogP contribution in [0.1, 0.15) is 17.5 Å². The third-order valence-electron chi connectivity index (χ3n) is 5.27. The monoisotopic (exact) mass is 438 g/mol. The van der Waals surface area contributed by atoms with E-state index in [1.165, 1.54) is 13.2 Å². The molecule has 1 heterocycles. The molecule has 0 aromatic heterocycles. The molecule has 2 aromatic rings. The van der Waals surface area contributed by atoms with E-state index in [9.17, 15) is 4.79 Å². The third kappa shape index (κ3) is 5.53. The van der Waals surface area contributed by atoms with E-state index in [1.54, 1.807) is 6.08 Å². The van der Waals surface area contributed by atoms with Gasteiger partial charge in [0.15, 0.2) is 11.9 Å². The van der Waals surface area contributed by atoms with E-state index in [0.717, 1.165) is 11.1 Å². The highest BCUT2D eigenvalue weighted by atomic mass is 16.7. The Bertz CT molecular complexity index is 868. The van der Waals surface area contributed by atoms with Crippen molar-refractivity contribution in [2.75, 3.05) is 13.7 Å². The molecule has 1 fully saturated rings. The molecule has 1 aliphatic heterocycles. The minimum atomic E-state index is -1.46. The summed E-state index contributed by atoms with van der Waals surface area (Å²) in [5.74, 6) is -0.566. The molecule has 2 aromatic carbocycles. The third-order valence-corrected chi connectivity index (χ3v) is 5.27. The van der Waals surface area contributed by atoms with Gasteiger partial charge in [-0.05, 0) is 11.1 Å². The molecule has 170 valence electrons. The Hall–Kier alpha value is -2.77. The Morgan fingerprint density at radius 1 is 0.969 bits per heavy atom. The van der Waals surface area contributed by atoms with Crippen LogP contribution in [0.4, 0.5) is 0 Å². The zero-order valence-electron chi connectivity index (χ0n) is 18.4. The summed E-state index contributed by atoms with van der Waals surface area (Å²) in [6.45, 7) is 8.06. The van der Waals surface area contributed by atoms with Gasteiger partial charge in [0.25, 0.3) is 0 Å². The van der Waals surface area contributed by atoms with E-state index in [4.69, 9.17) is 23.7 Å². The quantitative estimate of drug-likeness (QED) is 0.366. The zero-order valence-corrected chi connectivity index (χ0v) is 18.4.